The Morgan fingerprint density at radius 3 is 2.61 bits per heavy atom. The molecule has 0 radical (unpaired) electrons. The molecule has 1 heterocycles. The maximum Gasteiger partial charge on any atom is 0.272 e. The van der Waals surface area contributed by atoms with E-state index in [9.17, 15) is 18.4 Å². The molecule has 1 aromatic carbocycles. The van der Waals surface area contributed by atoms with Crippen LogP contribution < -0.4 is 15.4 Å². The fraction of sp³-hybridized carbons (Fsp3) is 0.167. The monoisotopic (exact) mass is 429 g/mol. The molecule has 0 atom stereocenters. The Kier molecular flexibility index (Phi) is 7.71. The maximum absolute atomic E-state index is 13.6. The molecule has 148 valence electrons. The third-order valence-corrected chi connectivity index (χ3v) is 3.83. The van der Waals surface area contributed by atoms with Crippen molar-refractivity contribution in [2.24, 2.45) is 0 Å². The van der Waals surface area contributed by atoms with Crippen molar-refractivity contribution in [1.29, 1.82) is 0 Å². The summed E-state index contributed by atoms with van der Waals surface area (Å²) in [6, 6.07) is 4.77. The van der Waals surface area contributed by atoms with Gasteiger partial charge < -0.3 is 15.4 Å². The first-order valence-corrected chi connectivity index (χ1v) is 8.66. The molecule has 2 rings (SSSR count). The molecule has 0 fully saturated rings. The summed E-state index contributed by atoms with van der Waals surface area (Å²) in [6.07, 6.45) is 1.35. The highest BCUT2D eigenvalue weighted by atomic mass is 35.5. The molecule has 6 nitrogen and oxygen atoms in total. The highest BCUT2D eigenvalue weighted by Crippen LogP contribution is 2.20. The molecule has 0 saturated heterocycles. The number of halogens is 4. The minimum absolute atomic E-state index is 0.0547. The van der Waals surface area contributed by atoms with E-state index in [0.29, 0.717) is 5.70 Å². The zero-order valence-electron chi connectivity index (χ0n) is 14.4. The number of carbonyl (C=O) groups is 2. The summed E-state index contributed by atoms with van der Waals surface area (Å²) in [4.78, 5) is 27.3. The first-order valence-electron chi connectivity index (χ1n) is 7.91. The summed E-state index contributed by atoms with van der Waals surface area (Å²) in [7, 11) is 0. The number of hydrogen-bond acceptors (Lipinski definition) is 4. The summed E-state index contributed by atoms with van der Waals surface area (Å²) in [6.45, 7) is 3.37. The lowest BCUT2D eigenvalue weighted by atomic mass is 10.3. The second kappa shape index (κ2) is 10.0. The topological polar surface area (TPSA) is 80.3 Å². The van der Waals surface area contributed by atoms with Crippen molar-refractivity contribution < 1.29 is 23.1 Å². The van der Waals surface area contributed by atoms with Gasteiger partial charge in [-0.15, -0.1) is 0 Å². The van der Waals surface area contributed by atoms with Crippen LogP contribution in [0.4, 0.5) is 8.78 Å². The van der Waals surface area contributed by atoms with E-state index >= 15 is 0 Å². The average molecular weight is 430 g/mol. The molecule has 2 aromatic rings. The molecular weight excluding hydrogens is 415 g/mol. The number of benzene rings is 1. The number of nitrogens with one attached hydrogen (secondary N) is 2. The number of rotatable bonds is 8. The zero-order chi connectivity index (χ0) is 20.7. The lowest BCUT2D eigenvalue weighted by Gasteiger charge is -2.11. The van der Waals surface area contributed by atoms with Gasteiger partial charge in [0.2, 0.25) is 0 Å². The normalized spacial score (nSPS) is 10.3. The fourth-order valence-corrected chi connectivity index (χ4v) is 2.27. The minimum Gasteiger partial charge on any atom is -0.484 e. The molecule has 0 bridgehead atoms. The van der Waals surface area contributed by atoms with Crippen LogP contribution in [0.1, 0.15) is 16.9 Å². The predicted molar refractivity (Wildman–Crippen MR) is 100 cm³/mol. The van der Waals surface area contributed by atoms with Crippen LogP contribution in [-0.4, -0.2) is 29.9 Å². The van der Waals surface area contributed by atoms with Gasteiger partial charge >= 0.3 is 0 Å². The van der Waals surface area contributed by atoms with Crippen molar-refractivity contribution in [2.45, 2.75) is 6.42 Å². The standard InChI is InChI=1S/C18H15Cl2F2N3O3/c1-10(4-5-23-18(27)17-15(22)6-11(19)8-24-17)25-16(26)9-28-12-2-3-13(20)14(21)7-12/h2-3,6-8H,1,4-5,9H2,(H,23,27)(H,25,26). The Labute approximate surface area is 169 Å². The highest BCUT2D eigenvalue weighted by Gasteiger charge is 2.14. The lowest BCUT2D eigenvalue weighted by Crippen LogP contribution is -2.31. The Balaban J connectivity index is 1.72. The Hall–Kier alpha value is -2.71. The van der Waals surface area contributed by atoms with Crippen LogP contribution in [0.3, 0.4) is 0 Å². The number of aromatic nitrogens is 1. The molecule has 0 aliphatic carbocycles. The van der Waals surface area contributed by atoms with Gasteiger partial charge in [-0.1, -0.05) is 29.8 Å². The molecular formula is C18H15Cl2F2N3O3. The number of hydrogen-bond donors (Lipinski definition) is 2. The van der Waals surface area contributed by atoms with E-state index in [0.717, 1.165) is 18.3 Å². The Bertz CT molecular complexity index is 910. The van der Waals surface area contributed by atoms with Gasteiger partial charge in [-0.25, -0.2) is 13.8 Å². The van der Waals surface area contributed by atoms with E-state index < -0.39 is 23.4 Å². The van der Waals surface area contributed by atoms with Gasteiger partial charge in [-0.3, -0.25) is 9.59 Å². The Morgan fingerprint density at radius 1 is 1.18 bits per heavy atom. The van der Waals surface area contributed by atoms with Gasteiger partial charge in [-0.2, -0.15) is 0 Å². The van der Waals surface area contributed by atoms with Crippen LogP contribution in [0.5, 0.6) is 5.75 Å². The van der Waals surface area contributed by atoms with Gasteiger partial charge in [0.05, 0.1) is 10.0 Å². The number of amides is 2. The van der Waals surface area contributed by atoms with Crippen molar-refractivity contribution in [3.63, 3.8) is 0 Å². The van der Waals surface area contributed by atoms with Crippen LogP contribution in [0.15, 0.2) is 42.7 Å². The molecule has 28 heavy (non-hydrogen) atoms. The molecule has 0 spiro atoms. The SMILES string of the molecule is C=C(CCNC(=O)c1ncc(Cl)cc1F)NC(=O)COc1ccc(Cl)c(F)c1. The molecule has 0 saturated carbocycles. The highest BCUT2D eigenvalue weighted by molar-refractivity contribution is 6.30. The summed E-state index contributed by atoms with van der Waals surface area (Å²) < 4.78 is 32.0. The summed E-state index contributed by atoms with van der Waals surface area (Å²) in [5.41, 5.74) is -0.0802. The molecule has 0 unspecified atom stereocenters. The average Bonchev–Trinajstić information content (AvgIpc) is 2.62. The van der Waals surface area contributed by atoms with Crippen LogP contribution in [0.2, 0.25) is 10.0 Å². The molecule has 10 heteroatoms. The van der Waals surface area contributed by atoms with E-state index in [2.05, 4.69) is 22.2 Å². The van der Waals surface area contributed by atoms with Crippen LogP contribution in [-0.2, 0) is 4.79 Å². The van der Waals surface area contributed by atoms with Crippen molar-refractivity contribution in [2.75, 3.05) is 13.2 Å². The number of ether oxygens (including phenoxy) is 1. The number of pyridine rings is 1. The molecule has 2 N–H and O–H groups in total. The first kappa shape index (κ1) is 21.6. The quantitative estimate of drug-likeness (QED) is 0.672. The fourth-order valence-electron chi connectivity index (χ4n) is 2.00. The van der Waals surface area contributed by atoms with Crippen LogP contribution in [0, 0.1) is 11.6 Å². The largest absolute Gasteiger partial charge is 0.484 e. The maximum atomic E-state index is 13.6. The van der Waals surface area contributed by atoms with Crippen LogP contribution >= 0.6 is 23.2 Å². The first-order chi connectivity index (χ1) is 13.3. The number of nitrogens with zero attached hydrogens (tertiary/aromatic N) is 1. The third kappa shape index (κ3) is 6.47. The smallest absolute Gasteiger partial charge is 0.272 e. The molecule has 0 aliphatic rings. The van der Waals surface area contributed by atoms with Crippen molar-refractivity contribution in [3.05, 3.63) is 70.1 Å². The third-order valence-electron chi connectivity index (χ3n) is 3.31. The molecule has 2 amide bonds. The van der Waals surface area contributed by atoms with Crippen molar-refractivity contribution >= 4 is 35.0 Å². The summed E-state index contributed by atoms with van der Waals surface area (Å²) in [5.74, 6) is -2.59. The predicted octanol–water partition coefficient (Wildman–Crippen LogP) is 3.50. The minimum atomic E-state index is -0.840. The second-order valence-corrected chi connectivity index (χ2v) is 6.35. The van der Waals surface area contributed by atoms with Crippen molar-refractivity contribution in [3.8, 4) is 5.75 Å². The van der Waals surface area contributed by atoms with E-state index in [4.69, 9.17) is 27.9 Å². The van der Waals surface area contributed by atoms with Gasteiger partial charge in [0.15, 0.2) is 18.1 Å². The van der Waals surface area contributed by atoms with E-state index in [1.165, 1.54) is 12.1 Å². The van der Waals surface area contributed by atoms with E-state index in [1.807, 2.05) is 0 Å². The van der Waals surface area contributed by atoms with Crippen LogP contribution in [0.25, 0.3) is 0 Å². The summed E-state index contributed by atoms with van der Waals surface area (Å²) >= 11 is 11.1. The van der Waals surface area contributed by atoms with E-state index in [1.54, 1.807) is 0 Å². The zero-order valence-corrected chi connectivity index (χ0v) is 15.9. The second-order valence-electron chi connectivity index (χ2n) is 5.51. The lowest BCUT2D eigenvalue weighted by molar-refractivity contribution is -0.122. The van der Waals surface area contributed by atoms with Gasteiger partial charge in [0.1, 0.15) is 11.6 Å². The molecule has 1 aromatic heterocycles. The number of carbonyl (C=O) groups excluding carboxylic acids is 2. The Morgan fingerprint density at radius 2 is 1.93 bits per heavy atom. The molecule has 0 aliphatic heterocycles. The van der Waals surface area contributed by atoms with Crippen molar-refractivity contribution in [1.82, 2.24) is 15.6 Å². The van der Waals surface area contributed by atoms with Gasteiger partial charge in [0, 0.05) is 30.9 Å². The van der Waals surface area contributed by atoms with Gasteiger partial charge in [0.25, 0.3) is 11.8 Å². The van der Waals surface area contributed by atoms with E-state index in [-0.39, 0.29) is 41.1 Å². The summed E-state index contributed by atoms with van der Waals surface area (Å²) in [5, 5.41) is 4.95. The van der Waals surface area contributed by atoms with Gasteiger partial charge in [-0.05, 0) is 18.2 Å².